The number of rotatable bonds is 6. The molecule has 29 heavy (non-hydrogen) atoms. The summed E-state index contributed by atoms with van der Waals surface area (Å²) in [4.78, 5) is 29.2. The van der Waals surface area contributed by atoms with Crippen LogP contribution < -0.4 is 15.5 Å². The fourth-order valence-corrected chi connectivity index (χ4v) is 3.57. The molecule has 0 saturated carbocycles. The Balaban J connectivity index is 1.52. The summed E-state index contributed by atoms with van der Waals surface area (Å²) in [6.07, 6.45) is 0. The van der Waals surface area contributed by atoms with Crippen molar-refractivity contribution in [2.24, 2.45) is 0 Å². The van der Waals surface area contributed by atoms with Crippen molar-refractivity contribution >= 4 is 23.2 Å². The van der Waals surface area contributed by atoms with Gasteiger partial charge in [-0.15, -0.1) is 0 Å². The van der Waals surface area contributed by atoms with Crippen LogP contribution in [0.4, 0.5) is 11.4 Å². The summed E-state index contributed by atoms with van der Waals surface area (Å²) in [6.45, 7) is 11.5. The van der Waals surface area contributed by atoms with Crippen LogP contribution in [0.1, 0.15) is 28.4 Å². The Morgan fingerprint density at radius 1 is 0.966 bits per heavy atom. The molecule has 6 nitrogen and oxygen atoms in total. The quantitative estimate of drug-likeness (QED) is 0.791. The molecular weight excluding hydrogens is 364 g/mol. The predicted octanol–water partition coefficient (Wildman–Crippen LogP) is 2.81. The molecule has 0 bridgehead atoms. The number of piperazine rings is 1. The summed E-state index contributed by atoms with van der Waals surface area (Å²) in [7, 11) is 0. The standard InChI is InChI=1S/C23H30N4O2/c1-4-26-11-13-27(14-12-26)21-10-9-20(15-18(21)3)25-22(28)16-24-23(29)19-7-5-17(2)6-8-19/h5-10,15H,4,11-14,16H2,1-3H3,(H,24,29)(H,25,28). The molecule has 3 rings (SSSR count). The van der Waals surface area contributed by atoms with E-state index in [4.69, 9.17) is 0 Å². The lowest BCUT2D eigenvalue weighted by Crippen LogP contribution is -2.46. The predicted molar refractivity (Wildman–Crippen MR) is 118 cm³/mol. The molecule has 2 amide bonds. The zero-order chi connectivity index (χ0) is 20.8. The molecule has 1 saturated heterocycles. The second-order valence-corrected chi connectivity index (χ2v) is 7.52. The minimum absolute atomic E-state index is 0.0630. The van der Waals surface area contributed by atoms with Gasteiger partial charge < -0.3 is 20.4 Å². The number of aryl methyl sites for hydroxylation is 2. The zero-order valence-corrected chi connectivity index (χ0v) is 17.5. The van der Waals surface area contributed by atoms with Gasteiger partial charge in [0.15, 0.2) is 0 Å². The first kappa shape index (κ1) is 20.9. The van der Waals surface area contributed by atoms with Gasteiger partial charge in [0, 0.05) is 43.1 Å². The average molecular weight is 395 g/mol. The van der Waals surface area contributed by atoms with Crippen LogP contribution in [-0.2, 0) is 4.79 Å². The highest BCUT2D eigenvalue weighted by Crippen LogP contribution is 2.24. The summed E-state index contributed by atoms with van der Waals surface area (Å²) in [5.74, 6) is -0.493. The first-order valence-electron chi connectivity index (χ1n) is 10.2. The summed E-state index contributed by atoms with van der Waals surface area (Å²) in [5, 5.41) is 5.53. The summed E-state index contributed by atoms with van der Waals surface area (Å²) in [6, 6.07) is 13.2. The maximum atomic E-state index is 12.2. The van der Waals surface area contributed by atoms with Gasteiger partial charge in [0.1, 0.15) is 0 Å². The van der Waals surface area contributed by atoms with E-state index >= 15 is 0 Å². The van der Waals surface area contributed by atoms with Crippen molar-refractivity contribution in [2.75, 3.05) is 49.5 Å². The first-order chi connectivity index (χ1) is 14.0. The molecule has 0 aromatic heterocycles. The third-order valence-corrected chi connectivity index (χ3v) is 5.36. The fourth-order valence-electron chi connectivity index (χ4n) is 3.57. The van der Waals surface area contributed by atoms with Crippen molar-refractivity contribution in [3.63, 3.8) is 0 Å². The van der Waals surface area contributed by atoms with Gasteiger partial charge in [0.2, 0.25) is 5.91 Å². The molecule has 0 aliphatic carbocycles. The maximum absolute atomic E-state index is 12.2. The lowest BCUT2D eigenvalue weighted by atomic mass is 10.1. The van der Waals surface area contributed by atoms with E-state index < -0.39 is 0 Å². The largest absolute Gasteiger partial charge is 0.369 e. The van der Waals surface area contributed by atoms with Crippen LogP contribution in [0, 0.1) is 13.8 Å². The van der Waals surface area contributed by atoms with Crippen molar-refractivity contribution in [1.29, 1.82) is 0 Å². The lowest BCUT2D eigenvalue weighted by Gasteiger charge is -2.36. The number of carbonyl (C=O) groups is 2. The molecule has 2 aromatic carbocycles. The highest BCUT2D eigenvalue weighted by atomic mass is 16.2. The van der Waals surface area contributed by atoms with E-state index in [1.165, 1.54) is 5.69 Å². The number of anilines is 2. The van der Waals surface area contributed by atoms with Crippen molar-refractivity contribution in [1.82, 2.24) is 10.2 Å². The number of amides is 2. The molecule has 1 fully saturated rings. The van der Waals surface area contributed by atoms with Gasteiger partial charge in [-0.1, -0.05) is 24.6 Å². The Morgan fingerprint density at radius 3 is 2.28 bits per heavy atom. The highest BCUT2D eigenvalue weighted by Gasteiger charge is 2.17. The average Bonchev–Trinajstić information content (AvgIpc) is 2.73. The Kier molecular flexibility index (Phi) is 6.88. The molecule has 0 spiro atoms. The molecule has 1 aliphatic heterocycles. The molecule has 2 aromatic rings. The van der Waals surface area contributed by atoms with Gasteiger partial charge in [-0.2, -0.15) is 0 Å². The van der Waals surface area contributed by atoms with Crippen molar-refractivity contribution < 1.29 is 9.59 Å². The molecule has 1 heterocycles. The van der Waals surface area contributed by atoms with Crippen molar-refractivity contribution in [3.05, 3.63) is 59.2 Å². The molecule has 1 aliphatic rings. The molecule has 154 valence electrons. The Bertz CT molecular complexity index is 856. The maximum Gasteiger partial charge on any atom is 0.251 e. The third-order valence-electron chi connectivity index (χ3n) is 5.36. The van der Waals surface area contributed by atoms with Crippen LogP contribution in [0.15, 0.2) is 42.5 Å². The Morgan fingerprint density at radius 2 is 1.66 bits per heavy atom. The van der Waals surface area contributed by atoms with Gasteiger partial charge in [0.05, 0.1) is 6.54 Å². The van der Waals surface area contributed by atoms with E-state index in [1.807, 2.05) is 31.2 Å². The van der Waals surface area contributed by atoms with Gasteiger partial charge in [0.25, 0.3) is 5.91 Å². The third kappa shape index (κ3) is 5.57. The second-order valence-electron chi connectivity index (χ2n) is 7.52. The molecule has 6 heteroatoms. The second kappa shape index (κ2) is 9.56. The van der Waals surface area contributed by atoms with Crippen LogP contribution in [0.25, 0.3) is 0 Å². The number of likely N-dealkylation sites (N-methyl/N-ethyl adjacent to an activating group) is 1. The topological polar surface area (TPSA) is 64.7 Å². The van der Waals surface area contributed by atoms with Gasteiger partial charge in [-0.3, -0.25) is 9.59 Å². The number of benzene rings is 2. The number of carbonyl (C=O) groups excluding carboxylic acids is 2. The van der Waals surface area contributed by atoms with Crippen LogP contribution in [0.2, 0.25) is 0 Å². The summed E-state index contributed by atoms with van der Waals surface area (Å²) in [5.41, 5.74) is 4.73. The van der Waals surface area contributed by atoms with Gasteiger partial charge >= 0.3 is 0 Å². The molecular formula is C23H30N4O2. The molecule has 0 unspecified atom stereocenters. The van der Waals surface area contributed by atoms with Crippen molar-refractivity contribution in [2.45, 2.75) is 20.8 Å². The minimum atomic E-state index is -0.252. The molecule has 0 radical (unpaired) electrons. The van der Waals surface area contributed by atoms with E-state index in [-0.39, 0.29) is 18.4 Å². The molecule has 2 N–H and O–H groups in total. The Labute approximate surface area is 172 Å². The first-order valence-corrected chi connectivity index (χ1v) is 10.2. The highest BCUT2D eigenvalue weighted by molar-refractivity contribution is 5.99. The normalized spacial score (nSPS) is 14.5. The van der Waals surface area contributed by atoms with Crippen LogP contribution in [-0.4, -0.2) is 56.0 Å². The molecule has 0 atom stereocenters. The summed E-state index contributed by atoms with van der Waals surface area (Å²) < 4.78 is 0. The number of hydrogen-bond acceptors (Lipinski definition) is 4. The fraction of sp³-hybridized carbons (Fsp3) is 0.391. The van der Waals surface area contributed by atoms with Gasteiger partial charge in [-0.05, 0) is 56.3 Å². The minimum Gasteiger partial charge on any atom is -0.369 e. The number of nitrogens with one attached hydrogen (secondary N) is 2. The van der Waals surface area contributed by atoms with Crippen LogP contribution in [0.3, 0.4) is 0 Å². The van der Waals surface area contributed by atoms with E-state index in [2.05, 4.69) is 40.3 Å². The van der Waals surface area contributed by atoms with E-state index in [1.54, 1.807) is 12.1 Å². The van der Waals surface area contributed by atoms with Crippen LogP contribution >= 0.6 is 0 Å². The Hall–Kier alpha value is -2.86. The number of nitrogens with zero attached hydrogens (tertiary/aromatic N) is 2. The summed E-state index contributed by atoms with van der Waals surface area (Å²) >= 11 is 0. The SMILES string of the molecule is CCN1CCN(c2ccc(NC(=O)CNC(=O)c3ccc(C)cc3)cc2C)CC1. The van der Waals surface area contributed by atoms with Gasteiger partial charge in [-0.25, -0.2) is 0 Å². The van der Waals surface area contributed by atoms with E-state index in [0.29, 0.717) is 5.56 Å². The number of hydrogen-bond donors (Lipinski definition) is 2. The van der Waals surface area contributed by atoms with Crippen molar-refractivity contribution in [3.8, 4) is 0 Å². The van der Waals surface area contributed by atoms with E-state index in [9.17, 15) is 9.59 Å². The zero-order valence-electron chi connectivity index (χ0n) is 17.5. The monoisotopic (exact) mass is 394 g/mol. The lowest BCUT2D eigenvalue weighted by molar-refractivity contribution is -0.115. The smallest absolute Gasteiger partial charge is 0.251 e. The van der Waals surface area contributed by atoms with E-state index in [0.717, 1.165) is 49.5 Å². The van der Waals surface area contributed by atoms with Crippen LogP contribution in [0.5, 0.6) is 0 Å².